The lowest BCUT2D eigenvalue weighted by molar-refractivity contribution is 0.0868. The molecule has 0 bridgehead atoms. The van der Waals surface area contributed by atoms with Gasteiger partial charge in [-0.2, -0.15) is 5.10 Å². The molecule has 0 aliphatic heterocycles. The van der Waals surface area contributed by atoms with Gasteiger partial charge in [0.25, 0.3) is 0 Å². The normalized spacial score (nSPS) is 12.7. The summed E-state index contributed by atoms with van der Waals surface area (Å²) in [6.45, 7) is 4.80. The first kappa shape index (κ1) is 14.4. The molecule has 1 atom stereocenters. The number of carbonyl (C=O) groups excluding carboxylic acids is 1. The third-order valence-corrected chi connectivity index (χ3v) is 3.25. The van der Waals surface area contributed by atoms with E-state index < -0.39 is 0 Å². The van der Waals surface area contributed by atoms with Crippen LogP contribution in [0.2, 0.25) is 0 Å². The lowest BCUT2D eigenvalue weighted by Crippen LogP contribution is -2.14. The van der Waals surface area contributed by atoms with Gasteiger partial charge in [-0.1, -0.05) is 6.92 Å². The summed E-state index contributed by atoms with van der Waals surface area (Å²) in [6, 6.07) is 0. The minimum Gasteiger partial charge on any atom is -0.382 e. The number of ether oxygens (including phenoxy) is 1. The fourth-order valence-corrected chi connectivity index (χ4v) is 2.11. The summed E-state index contributed by atoms with van der Waals surface area (Å²) in [4.78, 5) is 12.1. The fourth-order valence-electron chi connectivity index (χ4n) is 1.59. The number of hydrogen-bond acceptors (Lipinski definition) is 3. The third kappa shape index (κ3) is 3.92. The molecule has 1 aromatic rings. The molecule has 0 saturated carbocycles. The van der Waals surface area contributed by atoms with Gasteiger partial charge in [0.05, 0.1) is 16.8 Å². The van der Waals surface area contributed by atoms with E-state index in [2.05, 4.69) is 28.0 Å². The molecule has 1 heterocycles. The first-order valence-electron chi connectivity index (χ1n) is 5.87. The molecule has 0 N–H and O–H groups in total. The minimum atomic E-state index is 0.111. The van der Waals surface area contributed by atoms with Gasteiger partial charge in [0.1, 0.15) is 5.69 Å². The second kappa shape index (κ2) is 6.91. The van der Waals surface area contributed by atoms with E-state index in [0.29, 0.717) is 12.1 Å². The number of Topliss-reactive ketones (excluding diaryl/α,β-unsaturated/α-hetero) is 1. The van der Waals surface area contributed by atoms with Gasteiger partial charge in [0, 0.05) is 20.1 Å². The maximum Gasteiger partial charge on any atom is 0.182 e. The highest BCUT2D eigenvalue weighted by Gasteiger charge is 2.17. The van der Waals surface area contributed by atoms with E-state index in [1.165, 1.54) is 0 Å². The monoisotopic (exact) mass is 302 g/mol. The number of ketones is 1. The van der Waals surface area contributed by atoms with E-state index in [0.717, 1.165) is 23.9 Å². The van der Waals surface area contributed by atoms with Crippen LogP contribution in [0.1, 0.15) is 43.6 Å². The molecular formula is C12H19BrN2O2. The number of nitrogens with zero attached hydrogens (tertiary/aromatic N) is 2. The fraction of sp³-hybridized carbons (Fsp3) is 0.667. The molecule has 96 valence electrons. The van der Waals surface area contributed by atoms with Crippen molar-refractivity contribution >= 4 is 21.7 Å². The molecule has 1 unspecified atom stereocenters. The average molecular weight is 303 g/mol. The maximum atomic E-state index is 12.1. The van der Waals surface area contributed by atoms with Crippen molar-refractivity contribution < 1.29 is 9.53 Å². The molecule has 5 heteroatoms. The standard InChI is InChI=1S/C12H19BrN2O2/c1-4-7-15-12(10(13)8-14-15)11(16)6-5-9(2)17-3/h8-9H,4-7H2,1-3H3. The second-order valence-electron chi connectivity index (χ2n) is 4.07. The molecule has 0 fully saturated rings. The first-order chi connectivity index (χ1) is 8.10. The number of carbonyl (C=O) groups is 1. The van der Waals surface area contributed by atoms with Crippen LogP contribution in [-0.4, -0.2) is 28.8 Å². The zero-order chi connectivity index (χ0) is 12.8. The smallest absolute Gasteiger partial charge is 0.182 e. The topological polar surface area (TPSA) is 44.1 Å². The number of aromatic nitrogens is 2. The van der Waals surface area contributed by atoms with Crippen LogP contribution in [-0.2, 0) is 11.3 Å². The Morgan fingerprint density at radius 1 is 1.65 bits per heavy atom. The van der Waals surface area contributed by atoms with Crippen LogP contribution in [0.15, 0.2) is 10.7 Å². The minimum absolute atomic E-state index is 0.111. The second-order valence-corrected chi connectivity index (χ2v) is 4.93. The van der Waals surface area contributed by atoms with E-state index in [9.17, 15) is 4.79 Å². The van der Waals surface area contributed by atoms with Gasteiger partial charge >= 0.3 is 0 Å². The number of methoxy groups -OCH3 is 1. The highest BCUT2D eigenvalue weighted by molar-refractivity contribution is 9.10. The zero-order valence-corrected chi connectivity index (χ0v) is 12.2. The molecule has 17 heavy (non-hydrogen) atoms. The van der Waals surface area contributed by atoms with Gasteiger partial charge < -0.3 is 4.74 Å². The van der Waals surface area contributed by atoms with Crippen LogP contribution >= 0.6 is 15.9 Å². The predicted molar refractivity (Wildman–Crippen MR) is 70.3 cm³/mol. The van der Waals surface area contributed by atoms with E-state index in [1.807, 2.05) is 6.92 Å². The van der Waals surface area contributed by atoms with Crippen LogP contribution in [0, 0.1) is 0 Å². The lowest BCUT2D eigenvalue weighted by Gasteiger charge is -2.09. The van der Waals surface area contributed by atoms with E-state index >= 15 is 0 Å². The van der Waals surface area contributed by atoms with Gasteiger partial charge in [0.2, 0.25) is 0 Å². The van der Waals surface area contributed by atoms with E-state index in [-0.39, 0.29) is 11.9 Å². The zero-order valence-electron chi connectivity index (χ0n) is 10.6. The van der Waals surface area contributed by atoms with Crippen molar-refractivity contribution in [2.75, 3.05) is 7.11 Å². The quantitative estimate of drug-likeness (QED) is 0.727. The molecular weight excluding hydrogens is 284 g/mol. The largest absolute Gasteiger partial charge is 0.382 e. The van der Waals surface area contributed by atoms with Crippen LogP contribution in [0.3, 0.4) is 0 Å². The van der Waals surface area contributed by atoms with Crippen molar-refractivity contribution in [3.63, 3.8) is 0 Å². The molecule has 0 aromatic carbocycles. The number of aryl methyl sites for hydroxylation is 1. The molecule has 1 rings (SSSR count). The average Bonchev–Trinajstić information content (AvgIpc) is 2.67. The molecule has 1 aromatic heterocycles. The molecule has 0 aliphatic rings. The number of hydrogen-bond donors (Lipinski definition) is 0. The van der Waals surface area contributed by atoms with Crippen molar-refractivity contribution in [1.82, 2.24) is 9.78 Å². The van der Waals surface area contributed by atoms with E-state index in [4.69, 9.17) is 4.74 Å². The number of halogens is 1. The summed E-state index contributed by atoms with van der Waals surface area (Å²) in [5, 5.41) is 4.19. The van der Waals surface area contributed by atoms with Crippen molar-refractivity contribution in [1.29, 1.82) is 0 Å². The highest BCUT2D eigenvalue weighted by Crippen LogP contribution is 2.19. The lowest BCUT2D eigenvalue weighted by atomic mass is 10.1. The Kier molecular flexibility index (Phi) is 5.85. The van der Waals surface area contributed by atoms with Crippen molar-refractivity contribution in [2.45, 2.75) is 45.8 Å². The molecule has 0 spiro atoms. The molecule has 4 nitrogen and oxygen atoms in total. The van der Waals surface area contributed by atoms with Gasteiger partial charge in [-0.25, -0.2) is 0 Å². The Hall–Kier alpha value is -0.680. The maximum absolute atomic E-state index is 12.1. The van der Waals surface area contributed by atoms with Gasteiger partial charge in [-0.05, 0) is 35.7 Å². The van der Waals surface area contributed by atoms with Gasteiger partial charge in [-0.3, -0.25) is 9.48 Å². The van der Waals surface area contributed by atoms with Crippen LogP contribution in [0.25, 0.3) is 0 Å². The summed E-state index contributed by atoms with van der Waals surface area (Å²) >= 11 is 3.38. The molecule has 0 aliphatic carbocycles. The summed E-state index contributed by atoms with van der Waals surface area (Å²) in [5.74, 6) is 0.117. The Morgan fingerprint density at radius 3 is 2.94 bits per heavy atom. The number of rotatable bonds is 7. The highest BCUT2D eigenvalue weighted by atomic mass is 79.9. The van der Waals surface area contributed by atoms with Crippen LogP contribution in [0.5, 0.6) is 0 Å². The van der Waals surface area contributed by atoms with Crippen molar-refractivity contribution in [2.24, 2.45) is 0 Å². The summed E-state index contributed by atoms with van der Waals surface area (Å²) in [6.07, 6.45) is 3.98. The van der Waals surface area contributed by atoms with Gasteiger partial charge in [0.15, 0.2) is 5.78 Å². The molecule has 0 saturated heterocycles. The van der Waals surface area contributed by atoms with E-state index in [1.54, 1.807) is 18.0 Å². The first-order valence-corrected chi connectivity index (χ1v) is 6.66. The Balaban J connectivity index is 2.70. The summed E-state index contributed by atoms with van der Waals surface area (Å²) < 4.78 is 7.69. The van der Waals surface area contributed by atoms with Crippen molar-refractivity contribution in [3.05, 3.63) is 16.4 Å². The Morgan fingerprint density at radius 2 is 2.35 bits per heavy atom. The third-order valence-electron chi connectivity index (χ3n) is 2.67. The SMILES string of the molecule is CCCn1ncc(Br)c1C(=O)CCC(C)OC. The van der Waals surface area contributed by atoms with Gasteiger partial charge in [-0.15, -0.1) is 0 Å². The van der Waals surface area contributed by atoms with Crippen molar-refractivity contribution in [3.8, 4) is 0 Å². The Labute approximate surface area is 110 Å². The predicted octanol–water partition coefficient (Wildman–Crippen LogP) is 3.05. The molecule has 0 radical (unpaired) electrons. The van der Waals surface area contributed by atoms with Crippen LogP contribution in [0.4, 0.5) is 0 Å². The Bertz CT molecular complexity index is 377. The summed E-state index contributed by atoms with van der Waals surface area (Å²) in [7, 11) is 1.66. The summed E-state index contributed by atoms with van der Waals surface area (Å²) in [5.41, 5.74) is 0.676. The van der Waals surface area contributed by atoms with Crippen LogP contribution < -0.4 is 0 Å². The molecule has 0 amide bonds.